The number of nitrogens with zero attached hydrogens (tertiary/aromatic N) is 2. The van der Waals surface area contributed by atoms with Crippen molar-refractivity contribution in [3.63, 3.8) is 0 Å². The van der Waals surface area contributed by atoms with Gasteiger partial charge in [0.15, 0.2) is 10.9 Å². The minimum absolute atomic E-state index is 0.00271. The standard InChI is InChI=1S/C31H26BrN3O2S2/c1-20-7-13-24(14-8-20)35-30(37)28-25-15-16-34(17-21-5-3-2-4-6-21)18-27(25)39-29(28)33-31(35)38-19-26(36)22-9-11-23(32)12-10-22/h2-14H,15-19H2,1H3/p+1. The van der Waals surface area contributed by atoms with E-state index in [4.69, 9.17) is 4.98 Å². The molecule has 8 heteroatoms. The summed E-state index contributed by atoms with van der Waals surface area (Å²) in [7, 11) is 0. The molecule has 0 radical (unpaired) electrons. The Kier molecular flexibility index (Phi) is 7.53. The van der Waals surface area contributed by atoms with Gasteiger partial charge in [-0.1, -0.05) is 87.9 Å². The van der Waals surface area contributed by atoms with Crippen molar-refractivity contribution in [2.45, 2.75) is 31.6 Å². The average molecular weight is 618 g/mol. The number of hydrogen-bond acceptors (Lipinski definition) is 5. The second-order valence-corrected chi connectivity index (χ2v) is 12.8. The normalized spacial score (nSPS) is 14.9. The lowest BCUT2D eigenvalue weighted by molar-refractivity contribution is -0.929. The first kappa shape index (κ1) is 26.2. The van der Waals surface area contributed by atoms with Gasteiger partial charge in [-0.2, -0.15) is 0 Å². The molecule has 1 unspecified atom stereocenters. The molecule has 1 atom stereocenters. The number of fused-ring (bicyclic) bond motifs is 3. The van der Waals surface area contributed by atoms with Gasteiger partial charge >= 0.3 is 0 Å². The van der Waals surface area contributed by atoms with Crippen LogP contribution in [0.15, 0.2) is 93.3 Å². The number of benzene rings is 3. The molecular formula is C31H27BrN3O2S2+. The van der Waals surface area contributed by atoms with E-state index < -0.39 is 0 Å². The maximum Gasteiger partial charge on any atom is 0.267 e. The van der Waals surface area contributed by atoms with Gasteiger partial charge in [0, 0.05) is 22.0 Å². The van der Waals surface area contributed by atoms with Gasteiger partial charge in [-0.05, 0) is 36.8 Å². The van der Waals surface area contributed by atoms with Crippen molar-refractivity contribution >= 4 is 55.0 Å². The highest BCUT2D eigenvalue weighted by Gasteiger charge is 2.28. The molecule has 5 nitrogen and oxygen atoms in total. The zero-order chi connectivity index (χ0) is 26.9. The third-order valence-electron chi connectivity index (χ3n) is 7.10. The third-order valence-corrected chi connectivity index (χ3v) is 9.70. The zero-order valence-electron chi connectivity index (χ0n) is 21.4. The second-order valence-electron chi connectivity index (χ2n) is 9.86. The van der Waals surface area contributed by atoms with Crippen molar-refractivity contribution in [2.24, 2.45) is 0 Å². The number of nitrogens with one attached hydrogen (secondary N) is 1. The predicted octanol–water partition coefficient (Wildman–Crippen LogP) is 5.63. The molecule has 5 aromatic rings. The van der Waals surface area contributed by atoms with Crippen molar-refractivity contribution in [1.82, 2.24) is 9.55 Å². The summed E-state index contributed by atoms with van der Waals surface area (Å²) in [4.78, 5) is 35.6. The van der Waals surface area contributed by atoms with Crippen molar-refractivity contribution in [1.29, 1.82) is 0 Å². The molecule has 6 rings (SSSR count). The fourth-order valence-electron chi connectivity index (χ4n) is 5.06. The fraction of sp³-hybridized carbons (Fsp3) is 0.194. The van der Waals surface area contributed by atoms with Gasteiger partial charge in [0.25, 0.3) is 5.56 Å². The molecule has 0 bridgehead atoms. The highest BCUT2D eigenvalue weighted by atomic mass is 79.9. The summed E-state index contributed by atoms with van der Waals surface area (Å²) in [6.07, 6.45) is 0.858. The summed E-state index contributed by atoms with van der Waals surface area (Å²) in [5.41, 5.74) is 4.95. The van der Waals surface area contributed by atoms with Crippen LogP contribution in [0.5, 0.6) is 0 Å². The van der Waals surface area contributed by atoms with Crippen molar-refractivity contribution in [2.75, 3.05) is 12.3 Å². The van der Waals surface area contributed by atoms with Crippen molar-refractivity contribution in [3.8, 4) is 5.69 Å². The highest BCUT2D eigenvalue weighted by Crippen LogP contribution is 2.32. The first-order valence-electron chi connectivity index (χ1n) is 12.9. The first-order valence-corrected chi connectivity index (χ1v) is 15.5. The molecule has 196 valence electrons. The van der Waals surface area contributed by atoms with Crippen LogP contribution in [-0.2, 0) is 19.5 Å². The summed E-state index contributed by atoms with van der Waals surface area (Å²) in [5, 5.41) is 1.28. The number of aryl methyl sites for hydroxylation is 1. The fourth-order valence-corrected chi connectivity index (χ4v) is 7.56. The number of ketones is 1. The Morgan fingerprint density at radius 1 is 1.05 bits per heavy atom. The van der Waals surface area contributed by atoms with E-state index in [1.165, 1.54) is 27.1 Å². The molecule has 3 aromatic carbocycles. The van der Waals surface area contributed by atoms with Gasteiger partial charge in [0.2, 0.25) is 0 Å². The lowest BCUT2D eigenvalue weighted by Crippen LogP contribution is -3.10. The Labute approximate surface area is 243 Å². The van der Waals surface area contributed by atoms with Crippen LogP contribution in [0, 0.1) is 6.92 Å². The van der Waals surface area contributed by atoms with Gasteiger partial charge < -0.3 is 4.90 Å². The van der Waals surface area contributed by atoms with Gasteiger partial charge in [-0.15, -0.1) is 11.3 Å². The summed E-state index contributed by atoms with van der Waals surface area (Å²) in [5.74, 6) is 0.203. The molecule has 0 saturated heterocycles. The summed E-state index contributed by atoms with van der Waals surface area (Å²) in [6, 6.07) is 25.8. The van der Waals surface area contributed by atoms with E-state index in [0.717, 1.165) is 57.6 Å². The van der Waals surface area contributed by atoms with Crippen molar-refractivity contribution < 1.29 is 9.69 Å². The number of thiophene rings is 1. The molecule has 1 aliphatic heterocycles. The molecule has 0 amide bonds. The summed E-state index contributed by atoms with van der Waals surface area (Å²) < 4.78 is 2.62. The Balaban J connectivity index is 1.36. The number of aromatic nitrogens is 2. The van der Waals surface area contributed by atoms with E-state index in [1.54, 1.807) is 15.9 Å². The van der Waals surface area contributed by atoms with E-state index in [1.807, 2.05) is 61.5 Å². The maximum atomic E-state index is 14.1. The molecule has 0 fully saturated rings. The Bertz CT molecular complexity index is 1710. The molecule has 1 aliphatic rings. The number of hydrogen-bond donors (Lipinski definition) is 1. The first-order chi connectivity index (χ1) is 19.0. The number of carbonyl (C=O) groups is 1. The SMILES string of the molecule is Cc1ccc(-n2c(SCC(=O)c3ccc(Br)cc3)nc3sc4c(c3c2=O)CC[NH+](Cc2ccccc2)C4)cc1. The Hall–Kier alpha value is -3.04. The van der Waals surface area contributed by atoms with Crippen LogP contribution in [0.25, 0.3) is 15.9 Å². The molecule has 2 aromatic heterocycles. The number of rotatable bonds is 7. The van der Waals surface area contributed by atoms with E-state index in [9.17, 15) is 9.59 Å². The van der Waals surface area contributed by atoms with E-state index in [-0.39, 0.29) is 17.1 Å². The number of halogens is 1. The monoisotopic (exact) mass is 616 g/mol. The van der Waals surface area contributed by atoms with Crippen LogP contribution in [0.4, 0.5) is 0 Å². The van der Waals surface area contributed by atoms with Gasteiger partial charge in [0.05, 0.1) is 28.2 Å². The smallest absolute Gasteiger partial charge is 0.267 e. The largest absolute Gasteiger partial charge is 0.326 e. The van der Waals surface area contributed by atoms with Crippen LogP contribution in [0.3, 0.4) is 0 Å². The minimum Gasteiger partial charge on any atom is -0.326 e. The Morgan fingerprint density at radius 3 is 2.54 bits per heavy atom. The average Bonchev–Trinajstić information content (AvgIpc) is 3.31. The quantitative estimate of drug-likeness (QED) is 0.146. The minimum atomic E-state index is -0.0496. The Morgan fingerprint density at radius 2 is 1.79 bits per heavy atom. The molecular weight excluding hydrogens is 590 g/mol. The van der Waals surface area contributed by atoms with Gasteiger partial charge in [-0.3, -0.25) is 14.2 Å². The predicted molar refractivity (Wildman–Crippen MR) is 163 cm³/mol. The third kappa shape index (κ3) is 5.52. The molecule has 0 saturated carbocycles. The molecule has 3 heterocycles. The number of Topliss-reactive ketones (excluding diaryl/α,β-unsaturated/α-hetero) is 1. The van der Waals surface area contributed by atoms with E-state index >= 15 is 0 Å². The topological polar surface area (TPSA) is 56.4 Å². The van der Waals surface area contributed by atoms with Gasteiger partial charge in [0.1, 0.15) is 17.9 Å². The zero-order valence-corrected chi connectivity index (χ0v) is 24.7. The van der Waals surface area contributed by atoms with Crippen molar-refractivity contribution in [3.05, 3.63) is 121 Å². The van der Waals surface area contributed by atoms with E-state index in [0.29, 0.717) is 10.7 Å². The molecule has 0 spiro atoms. The van der Waals surface area contributed by atoms with Crippen LogP contribution in [0.1, 0.15) is 31.9 Å². The second kappa shape index (κ2) is 11.2. The highest BCUT2D eigenvalue weighted by molar-refractivity contribution is 9.10. The lowest BCUT2D eigenvalue weighted by atomic mass is 10.0. The van der Waals surface area contributed by atoms with E-state index in [2.05, 4.69) is 40.2 Å². The molecule has 0 aliphatic carbocycles. The number of carbonyl (C=O) groups excluding carboxylic acids is 1. The number of quaternary nitrogens is 1. The van der Waals surface area contributed by atoms with Gasteiger partial charge in [-0.25, -0.2) is 4.98 Å². The summed E-state index contributed by atoms with van der Waals surface area (Å²) in [6.45, 7) is 4.86. The van der Waals surface area contributed by atoms with Crippen LogP contribution in [0.2, 0.25) is 0 Å². The lowest BCUT2D eigenvalue weighted by Gasteiger charge is -2.24. The van der Waals surface area contributed by atoms with Crippen LogP contribution < -0.4 is 10.5 Å². The maximum absolute atomic E-state index is 14.1. The molecule has 1 N–H and O–H groups in total. The molecule has 39 heavy (non-hydrogen) atoms. The summed E-state index contributed by atoms with van der Waals surface area (Å²) >= 11 is 6.38. The van der Waals surface area contributed by atoms with Crippen LogP contribution in [-0.4, -0.2) is 27.6 Å². The van der Waals surface area contributed by atoms with Crippen LogP contribution >= 0.6 is 39.0 Å². The number of thioether (sulfide) groups is 1.